The molecule has 0 saturated carbocycles. The zero-order valence-electron chi connectivity index (χ0n) is 21.7. The smallest absolute Gasteiger partial charge is 0.484 e. The van der Waals surface area contributed by atoms with Crippen LogP contribution in [0.1, 0.15) is 50.3 Å². The van der Waals surface area contributed by atoms with E-state index in [0.29, 0.717) is 12.2 Å². The average molecular weight is 566 g/mol. The maximum atomic E-state index is 12.3. The monoisotopic (exact) mass is 565 g/mol. The van der Waals surface area contributed by atoms with Gasteiger partial charge in [0.05, 0.1) is 6.54 Å². The minimum atomic E-state index is -4.80. The molecule has 0 aliphatic heterocycles. The van der Waals surface area contributed by atoms with E-state index in [9.17, 15) is 22.8 Å². The van der Waals surface area contributed by atoms with Gasteiger partial charge in [0.1, 0.15) is 17.3 Å². The number of aromatic nitrogens is 1. The Hall–Kier alpha value is -4.80. The third kappa shape index (κ3) is 6.86. The predicted octanol–water partition coefficient (Wildman–Crippen LogP) is 4.84. The van der Waals surface area contributed by atoms with Crippen molar-refractivity contribution in [1.82, 2.24) is 10.3 Å². The molecule has 1 aliphatic carbocycles. The summed E-state index contributed by atoms with van der Waals surface area (Å²) in [4.78, 5) is 28.8. The van der Waals surface area contributed by atoms with Crippen LogP contribution in [0, 0.1) is 0 Å². The van der Waals surface area contributed by atoms with Gasteiger partial charge in [-0.05, 0) is 59.4 Å². The topological polar surface area (TPSA) is 117 Å². The van der Waals surface area contributed by atoms with E-state index in [1.165, 1.54) is 23.3 Å². The van der Waals surface area contributed by atoms with Gasteiger partial charge in [-0.25, -0.2) is 4.98 Å². The number of hydrogen-bond donors (Lipinski definition) is 2. The highest BCUT2D eigenvalue weighted by atomic mass is 19.4. The molecule has 0 bridgehead atoms. The number of oxazole rings is 1. The van der Waals surface area contributed by atoms with Crippen molar-refractivity contribution in [3.63, 3.8) is 0 Å². The van der Waals surface area contributed by atoms with Crippen molar-refractivity contribution in [2.45, 2.75) is 38.1 Å². The first kappa shape index (κ1) is 27.8. The van der Waals surface area contributed by atoms with Gasteiger partial charge in [-0.1, -0.05) is 48.5 Å². The fourth-order valence-corrected chi connectivity index (χ4v) is 4.96. The van der Waals surface area contributed by atoms with Crippen molar-refractivity contribution < 1.29 is 36.7 Å². The zero-order valence-corrected chi connectivity index (χ0v) is 21.7. The van der Waals surface area contributed by atoms with E-state index in [1.807, 2.05) is 24.3 Å². The number of ether oxygens (including phenoxy) is 2. The number of hydrogen-bond acceptors (Lipinski definition) is 6. The van der Waals surface area contributed by atoms with Gasteiger partial charge in [0.2, 0.25) is 5.89 Å². The standard InChI is InChI=1S/C30H26F3N3O5/c31-30(32,33)41-21-13-11-20(12-14-21)39-17-26(37)35-16-27-36-28(29(34)38)25(40-27)15-24-22-7-3-1-5-18(22)9-10-19-6-2-4-8-23(19)24/h1-8,11-14,24H,9-10,15-17H2,(H2,34,38)(H,35,37). The molecular weight excluding hydrogens is 539 g/mol. The highest BCUT2D eigenvalue weighted by molar-refractivity contribution is 5.91. The third-order valence-corrected chi connectivity index (χ3v) is 6.75. The molecule has 0 unspecified atom stereocenters. The maximum Gasteiger partial charge on any atom is 0.573 e. The van der Waals surface area contributed by atoms with E-state index in [1.54, 1.807) is 0 Å². The number of aryl methyl sites for hydroxylation is 2. The molecule has 3 aromatic carbocycles. The molecule has 1 aromatic heterocycles. The summed E-state index contributed by atoms with van der Waals surface area (Å²) in [6.45, 7) is -0.538. The lowest BCUT2D eigenvalue weighted by Crippen LogP contribution is -2.28. The summed E-state index contributed by atoms with van der Waals surface area (Å²) in [5, 5.41) is 2.59. The second kappa shape index (κ2) is 11.7. The number of nitrogens with zero attached hydrogens (tertiary/aromatic N) is 1. The van der Waals surface area contributed by atoms with Crippen molar-refractivity contribution >= 4 is 11.8 Å². The van der Waals surface area contributed by atoms with E-state index >= 15 is 0 Å². The largest absolute Gasteiger partial charge is 0.573 e. The van der Waals surface area contributed by atoms with E-state index < -0.39 is 30.5 Å². The fourth-order valence-electron chi connectivity index (χ4n) is 4.96. The van der Waals surface area contributed by atoms with E-state index in [0.717, 1.165) is 36.1 Å². The van der Waals surface area contributed by atoms with Gasteiger partial charge in [0, 0.05) is 12.3 Å². The molecule has 0 fully saturated rings. The van der Waals surface area contributed by atoms with Crippen LogP contribution in [0.25, 0.3) is 0 Å². The van der Waals surface area contributed by atoms with Crippen LogP contribution in [-0.4, -0.2) is 29.8 Å². The molecule has 1 heterocycles. The summed E-state index contributed by atoms with van der Waals surface area (Å²) < 4.78 is 52.0. The van der Waals surface area contributed by atoms with Crippen molar-refractivity contribution in [2.75, 3.05) is 6.61 Å². The Balaban J connectivity index is 1.26. The van der Waals surface area contributed by atoms with Crippen molar-refractivity contribution in [1.29, 1.82) is 0 Å². The average Bonchev–Trinajstić information content (AvgIpc) is 3.29. The molecule has 1 aliphatic rings. The number of nitrogens with two attached hydrogens (primary N) is 1. The van der Waals surface area contributed by atoms with Gasteiger partial charge >= 0.3 is 6.36 Å². The lowest BCUT2D eigenvalue weighted by atomic mass is 9.84. The normalized spacial score (nSPS) is 13.0. The number of nitrogens with one attached hydrogen (secondary N) is 1. The molecule has 4 aromatic rings. The Bertz CT molecular complexity index is 1500. The number of rotatable bonds is 9. The minimum absolute atomic E-state index is 0.00544. The van der Waals surface area contributed by atoms with Gasteiger partial charge in [-0.2, -0.15) is 0 Å². The Morgan fingerprint density at radius 2 is 1.51 bits per heavy atom. The summed E-state index contributed by atoms with van der Waals surface area (Å²) in [6, 6.07) is 21.0. The number of carbonyl (C=O) groups is 2. The molecule has 41 heavy (non-hydrogen) atoms. The Kier molecular flexibility index (Phi) is 7.95. The second-order valence-corrected chi connectivity index (χ2v) is 9.48. The maximum absolute atomic E-state index is 12.3. The Morgan fingerprint density at radius 3 is 2.10 bits per heavy atom. The summed E-state index contributed by atoms with van der Waals surface area (Å²) >= 11 is 0. The Labute approximate surface area is 233 Å². The SMILES string of the molecule is NC(=O)c1nc(CNC(=O)COc2ccc(OC(F)(F)F)cc2)oc1CC1c2ccccc2CCc2ccccc21. The minimum Gasteiger partial charge on any atom is -0.484 e. The number of amides is 2. The van der Waals surface area contributed by atoms with Crippen LogP contribution >= 0.6 is 0 Å². The first-order chi connectivity index (χ1) is 19.7. The first-order valence-corrected chi connectivity index (χ1v) is 12.9. The molecule has 5 rings (SSSR count). The van der Waals surface area contributed by atoms with Crippen molar-refractivity contribution in [3.05, 3.63) is 112 Å². The highest BCUT2D eigenvalue weighted by Crippen LogP contribution is 2.37. The molecule has 11 heteroatoms. The second-order valence-electron chi connectivity index (χ2n) is 9.48. The van der Waals surface area contributed by atoms with Gasteiger partial charge in [-0.3, -0.25) is 9.59 Å². The zero-order chi connectivity index (χ0) is 29.0. The van der Waals surface area contributed by atoms with E-state index in [4.69, 9.17) is 14.9 Å². The summed E-state index contributed by atoms with van der Waals surface area (Å²) in [7, 11) is 0. The number of benzene rings is 3. The third-order valence-electron chi connectivity index (χ3n) is 6.75. The van der Waals surface area contributed by atoms with Gasteiger partial charge in [0.15, 0.2) is 12.3 Å². The van der Waals surface area contributed by atoms with Crippen LogP contribution in [0.2, 0.25) is 0 Å². The van der Waals surface area contributed by atoms with Crippen molar-refractivity contribution in [3.8, 4) is 11.5 Å². The molecule has 0 saturated heterocycles. The summed E-state index contributed by atoms with van der Waals surface area (Å²) in [5.74, 6) is -1.16. The molecule has 0 radical (unpaired) electrons. The summed E-state index contributed by atoms with van der Waals surface area (Å²) in [5.41, 5.74) is 10.4. The van der Waals surface area contributed by atoms with Crippen molar-refractivity contribution in [2.24, 2.45) is 5.73 Å². The number of alkyl halides is 3. The number of fused-ring (bicyclic) bond motifs is 2. The highest BCUT2D eigenvalue weighted by Gasteiger charge is 2.31. The molecule has 0 atom stereocenters. The lowest BCUT2D eigenvalue weighted by Gasteiger charge is -2.19. The molecule has 212 valence electrons. The van der Waals surface area contributed by atoms with Crippen LogP contribution in [0.4, 0.5) is 13.2 Å². The lowest BCUT2D eigenvalue weighted by molar-refractivity contribution is -0.274. The quantitative estimate of drug-likeness (QED) is 0.300. The predicted molar refractivity (Wildman–Crippen MR) is 141 cm³/mol. The molecule has 0 spiro atoms. The van der Waals surface area contributed by atoms with Crippen LogP contribution in [0.5, 0.6) is 11.5 Å². The van der Waals surface area contributed by atoms with Crippen LogP contribution in [0.15, 0.2) is 77.2 Å². The van der Waals surface area contributed by atoms with Crippen LogP contribution in [-0.2, 0) is 30.6 Å². The van der Waals surface area contributed by atoms with Gasteiger partial charge in [0.25, 0.3) is 11.8 Å². The molecular formula is C30H26F3N3O5. The molecule has 8 nitrogen and oxygen atoms in total. The first-order valence-electron chi connectivity index (χ1n) is 12.9. The number of halogens is 3. The van der Waals surface area contributed by atoms with E-state index in [2.05, 4.69) is 39.3 Å². The van der Waals surface area contributed by atoms with Gasteiger partial charge < -0.3 is 24.9 Å². The molecule has 2 amide bonds. The Morgan fingerprint density at radius 1 is 0.927 bits per heavy atom. The van der Waals surface area contributed by atoms with E-state index in [-0.39, 0.29) is 29.8 Å². The van der Waals surface area contributed by atoms with Gasteiger partial charge in [-0.15, -0.1) is 13.2 Å². The number of primary amides is 1. The van der Waals surface area contributed by atoms with Crippen LogP contribution in [0.3, 0.4) is 0 Å². The summed E-state index contributed by atoms with van der Waals surface area (Å²) in [6.07, 6.45) is -2.66. The van der Waals surface area contributed by atoms with Crippen LogP contribution < -0.4 is 20.5 Å². The molecule has 3 N–H and O–H groups in total. The fraction of sp³-hybridized carbons (Fsp3) is 0.233. The number of carbonyl (C=O) groups excluding carboxylic acids is 2.